The number of hydrogen-bond acceptors (Lipinski definition) is 1. The standard InChI is InChI=1S/C20H31N/c1-4-13-21-19(18-9-6-12-20(18,2)3)17-11-10-15-7-5-8-16(15)14-17/h10-11,14,18-19,21H,4-9,12-13H2,1-3H3. The van der Waals surface area contributed by atoms with Crippen molar-refractivity contribution in [1.29, 1.82) is 0 Å². The van der Waals surface area contributed by atoms with Crippen LogP contribution in [-0.4, -0.2) is 6.54 Å². The highest BCUT2D eigenvalue weighted by molar-refractivity contribution is 5.37. The third-order valence-corrected chi connectivity index (χ3v) is 5.84. The first-order valence-corrected chi connectivity index (χ1v) is 8.97. The summed E-state index contributed by atoms with van der Waals surface area (Å²) in [5.41, 5.74) is 5.24. The number of nitrogens with one attached hydrogen (secondary N) is 1. The summed E-state index contributed by atoms with van der Waals surface area (Å²) >= 11 is 0. The van der Waals surface area contributed by atoms with Crippen molar-refractivity contribution >= 4 is 0 Å². The van der Waals surface area contributed by atoms with Gasteiger partial charge in [0.15, 0.2) is 0 Å². The molecule has 0 radical (unpaired) electrons. The van der Waals surface area contributed by atoms with E-state index in [4.69, 9.17) is 0 Å². The van der Waals surface area contributed by atoms with E-state index in [2.05, 4.69) is 44.3 Å². The molecule has 116 valence electrons. The van der Waals surface area contributed by atoms with Crippen molar-refractivity contribution in [3.8, 4) is 0 Å². The molecule has 0 aromatic heterocycles. The van der Waals surface area contributed by atoms with Gasteiger partial charge in [-0.05, 0) is 73.1 Å². The van der Waals surface area contributed by atoms with E-state index in [0.717, 1.165) is 12.5 Å². The Kier molecular flexibility index (Phi) is 4.40. The third kappa shape index (κ3) is 3.04. The zero-order valence-electron chi connectivity index (χ0n) is 14.0. The summed E-state index contributed by atoms with van der Waals surface area (Å²) in [6, 6.07) is 7.88. The van der Waals surface area contributed by atoms with Gasteiger partial charge in [0.1, 0.15) is 0 Å². The predicted octanol–water partition coefficient (Wildman–Crippen LogP) is 5.04. The van der Waals surface area contributed by atoms with E-state index in [-0.39, 0.29) is 0 Å². The highest BCUT2D eigenvalue weighted by atomic mass is 14.9. The number of aryl methyl sites for hydroxylation is 2. The van der Waals surface area contributed by atoms with Crippen LogP contribution in [0, 0.1) is 11.3 Å². The molecule has 0 aliphatic heterocycles. The molecule has 0 amide bonds. The lowest BCUT2D eigenvalue weighted by molar-refractivity contribution is 0.197. The molecule has 1 N–H and O–H groups in total. The Bertz CT molecular complexity index is 489. The quantitative estimate of drug-likeness (QED) is 0.799. The van der Waals surface area contributed by atoms with Gasteiger partial charge in [-0.1, -0.05) is 45.4 Å². The Morgan fingerprint density at radius 3 is 2.71 bits per heavy atom. The molecule has 1 aromatic carbocycles. The first-order valence-electron chi connectivity index (χ1n) is 8.97. The van der Waals surface area contributed by atoms with E-state index in [1.807, 2.05) is 0 Å². The molecule has 1 heteroatoms. The van der Waals surface area contributed by atoms with Crippen LogP contribution in [0.5, 0.6) is 0 Å². The number of benzene rings is 1. The maximum absolute atomic E-state index is 3.87. The van der Waals surface area contributed by atoms with Crippen molar-refractivity contribution < 1.29 is 0 Å². The van der Waals surface area contributed by atoms with E-state index >= 15 is 0 Å². The first kappa shape index (κ1) is 15.1. The summed E-state index contributed by atoms with van der Waals surface area (Å²) in [5, 5.41) is 3.87. The molecule has 0 spiro atoms. The average Bonchev–Trinajstić information content (AvgIpc) is 3.05. The van der Waals surface area contributed by atoms with Gasteiger partial charge in [0.2, 0.25) is 0 Å². The Morgan fingerprint density at radius 2 is 2.00 bits per heavy atom. The van der Waals surface area contributed by atoms with Crippen LogP contribution in [0.2, 0.25) is 0 Å². The van der Waals surface area contributed by atoms with Crippen molar-refractivity contribution in [2.75, 3.05) is 6.54 Å². The van der Waals surface area contributed by atoms with Gasteiger partial charge in [0.05, 0.1) is 0 Å². The minimum absolute atomic E-state index is 0.477. The van der Waals surface area contributed by atoms with Gasteiger partial charge in [-0.15, -0.1) is 0 Å². The normalized spacial score (nSPS) is 25.0. The van der Waals surface area contributed by atoms with Crippen LogP contribution in [0.3, 0.4) is 0 Å². The lowest BCUT2D eigenvalue weighted by Gasteiger charge is -2.35. The van der Waals surface area contributed by atoms with Crippen molar-refractivity contribution in [1.82, 2.24) is 5.32 Å². The second kappa shape index (κ2) is 6.12. The lowest BCUT2D eigenvalue weighted by Crippen LogP contribution is -2.34. The smallest absolute Gasteiger partial charge is 0.0353 e. The van der Waals surface area contributed by atoms with Crippen molar-refractivity contribution in [2.24, 2.45) is 11.3 Å². The molecule has 2 aliphatic rings. The summed E-state index contributed by atoms with van der Waals surface area (Å²) in [5.74, 6) is 0.781. The van der Waals surface area contributed by atoms with Gasteiger partial charge in [-0.25, -0.2) is 0 Å². The van der Waals surface area contributed by atoms with Crippen LogP contribution < -0.4 is 5.32 Å². The molecule has 2 aliphatic carbocycles. The minimum atomic E-state index is 0.477. The topological polar surface area (TPSA) is 12.0 Å². The molecule has 0 bridgehead atoms. The summed E-state index contributed by atoms with van der Waals surface area (Å²) in [6.45, 7) is 8.35. The Hall–Kier alpha value is -0.820. The average molecular weight is 285 g/mol. The highest BCUT2D eigenvalue weighted by Gasteiger charge is 2.40. The SMILES string of the molecule is CCCNC(c1ccc2c(c1)CCC2)C1CCCC1(C)C. The third-order valence-electron chi connectivity index (χ3n) is 5.84. The van der Waals surface area contributed by atoms with Crippen molar-refractivity contribution in [3.05, 3.63) is 34.9 Å². The largest absolute Gasteiger partial charge is 0.310 e. The number of rotatable bonds is 5. The van der Waals surface area contributed by atoms with Crippen LogP contribution in [0.25, 0.3) is 0 Å². The van der Waals surface area contributed by atoms with Gasteiger partial charge >= 0.3 is 0 Å². The Morgan fingerprint density at radius 1 is 1.19 bits per heavy atom. The van der Waals surface area contributed by atoms with Crippen LogP contribution >= 0.6 is 0 Å². The molecule has 1 aromatic rings. The van der Waals surface area contributed by atoms with Crippen LogP contribution in [0.4, 0.5) is 0 Å². The van der Waals surface area contributed by atoms with Gasteiger partial charge in [-0.3, -0.25) is 0 Å². The van der Waals surface area contributed by atoms with Crippen LogP contribution in [0.1, 0.15) is 75.6 Å². The van der Waals surface area contributed by atoms with Crippen LogP contribution in [0.15, 0.2) is 18.2 Å². The van der Waals surface area contributed by atoms with E-state index in [1.54, 1.807) is 16.7 Å². The fraction of sp³-hybridized carbons (Fsp3) is 0.700. The van der Waals surface area contributed by atoms with Crippen LogP contribution in [-0.2, 0) is 12.8 Å². The molecule has 1 saturated carbocycles. The molecule has 2 atom stereocenters. The van der Waals surface area contributed by atoms with Gasteiger partial charge < -0.3 is 5.32 Å². The lowest BCUT2D eigenvalue weighted by atomic mass is 9.75. The Balaban J connectivity index is 1.88. The minimum Gasteiger partial charge on any atom is -0.310 e. The summed E-state index contributed by atoms with van der Waals surface area (Å²) < 4.78 is 0. The Labute approximate surface area is 130 Å². The molecule has 1 nitrogen and oxygen atoms in total. The van der Waals surface area contributed by atoms with Crippen molar-refractivity contribution in [3.63, 3.8) is 0 Å². The first-order chi connectivity index (χ1) is 10.1. The van der Waals surface area contributed by atoms with E-state index < -0.39 is 0 Å². The molecule has 21 heavy (non-hydrogen) atoms. The fourth-order valence-electron chi connectivity index (χ4n) is 4.55. The maximum atomic E-state index is 3.87. The second-order valence-electron chi connectivity index (χ2n) is 7.80. The van der Waals surface area contributed by atoms with E-state index in [1.165, 1.54) is 44.9 Å². The molecule has 0 saturated heterocycles. The predicted molar refractivity (Wildman–Crippen MR) is 90.6 cm³/mol. The fourth-order valence-corrected chi connectivity index (χ4v) is 4.55. The van der Waals surface area contributed by atoms with E-state index in [9.17, 15) is 0 Å². The zero-order valence-corrected chi connectivity index (χ0v) is 14.0. The maximum Gasteiger partial charge on any atom is 0.0353 e. The van der Waals surface area contributed by atoms with Gasteiger partial charge in [-0.2, -0.15) is 0 Å². The summed E-state index contributed by atoms with van der Waals surface area (Å²) in [6.07, 6.45) is 9.30. The van der Waals surface area contributed by atoms with Crippen molar-refractivity contribution in [2.45, 2.75) is 71.8 Å². The number of hydrogen-bond donors (Lipinski definition) is 1. The molecular weight excluding hydrogens is 254 g/mol. The summed E-state index contributed by atoms with van der Waals surface area (Å²) in [4.78, 5) is 0. The molecule has 2 unspecified atom stereocenters. The van der Waals surface area contributed by atoms with E-state index in [0.29, 0.717) is 11.5 Å². The molecule has 0 heterocycles. The zero-order chi connectivity index (χ0) is 14.9. The molecule has 3 rings (SSSR count). The monoisotopic (exact) mass is 285 g/mol. The number of fused-ring (bicyclic) bond motifs is 1. The molecule has 1 fully saturated rings. The summed E-state index contributed by atoms with van der Waals surface area (Å²) in [7, 11) is 0. The second-order valence-corrected chi connectivity index (χ2v) is 7.80. The highest BCUT2D eigenvalue weighted by Crippen LogP contribution is 2.49. The van der Waals surface area contributed by atoms with Gasteiger partial charge in [0, 0.05) is 6.04 Å². The van der Waals surface area contributed by atoms with Gasteiger partial charge in [0.25, 0.3) is 0 Å². The molecular formula is C20H31N.